The Kier molecular flexibility index (Phi) is 4.64. The Bertz CT molecular complexity index is 1230. The van der Waals surface area contributed by atoms with E-state index in [1.807, 2.05) is 54.6 Å². The van der Waals surface area contributed by atoms with Gasteiger partial charge in [0.15, 0.2) is 23.0 Å². The van der Waals surface area contributed by atoms with Crippen molar-refractivity contribution >= 4 is 11.6 Å². The summed E-state index contributed by atoms with van der Waals surface area (Å²) in [5.41, 5.74) is 3.17. The molecule has 0 aliphatic carbocycles. The van der Waals surface area contributed by atoms with Gasteiger partial charge in [-0.1, -0.05) is 18.2 Å². The lowest BCUT2D eigenvalue weighted by Crippen LogP contribution is -2.42. The molecule has 3 aromatic rings. The standard InChI is InChI=1S/C25H22N2O6/c1-29-21-11-16(12-22-23(21)31-9-8-30-22)24-26-18-5-3-2-4-17(18)25(28)27(24)13-15-6-7-19-20(10-15)33-14-32-19/h2-7,10-12,24,26H,8-9,13-14H2,1H3. The largest absolute Gasteiger partial charge is 0.493 e. The molecule has 3 aromatic carbocycles. The van der Waals surface area contributed by atoms with E-state index in [1.165, 1.54) is 0 Å². The summed E-state index contributed by atoms with van der Waals surface area (Å²) in [6.07, 6.45) is -0.442. The molecule has 3 aliphatic heterocycles. The van der Waals surface area contributed by atoms with E-state index < -0.39 is 6.17 Å². The Morgan fingerprint density at radius 1 is 0.970 bits per heavy atom. The van der Waals surface area contributed by atoms with E-state index in [0.717, 1.165) is 16.8 Å². The van der Waals surface area contributed by atoms with Gasteiger partial charge in [-0.15, -0.1) is 0 Å². The zero-order valence-corrected chi connectivity index (χ0v) is 18.0. The highest BCUT2D eigenvalue weighted by molar-refractivity contribution is 6.01. The average Bonchev–Trinajstić information content (AvgIpc) is 3.33. The monoisotopic (exact) mass is 446 g/mol. The van der Waals surface area contributed by atoms with Crippen LogP contribution in [0.1, 0.15) is 27.7 Å². The molecule has 33 heavy (non-hydrogen) atoms. The number of amides is 1. The maximum Gasteiger partial charge on any atom is 0.258 e. The molecule has 168 valence electrons. The van der Waals surface area contributed by atoms with Gasteiger partial charge in [-0.3, -0.25) is 4.79 Å². The molecule has 3 aliphatic rings. The highest BCUT2D eigenvalue weighted by atomic mass is 16.7. The molecule has 0 saturated heterocycles. The minimum atomic E-state index is -0.442. The van der Waals surface area contributed by atoms with Crippen molar-refractivity contribution in [3.8, 4) is 28.7 Å². The summed E-state index contributed by atoms with van der Waals surface area (Å²) in [7, 11) is 1.59. The first-order chi connectivity index (χ1) is 16.2. The molecule has 1 unspecified atom stereocenters. The third-order valence-electron chi connectivity index (χ3n) is 5.98. The molecule has 8 nitrogen and oxygen atoms in total. The lowest BCUT2D eigenvalue weighted by molar-refractivity contribution is 0.0665. The van der Waals surface area contributed by atoms with Crippen LogP contribution in [0.2, 0.25) is 0 Å². The van der Waals surface area contributed by atoms with Crippen LogP contribution in [0, 0.1) is 0 Å². The summed E-state index contributed by atoms with van der Waals surface area (Å²) in [4.78, 5) is 15.4. The SMILES string of the molecule is COc1cc(C2Nc3ccccc3C(=O)N2Cc2ccc3c(c2)OCO3)cc2c1OCCO2. The highest BCUT2D eigenvalue weighted by Gasteiger charge is 2.34. The smallest absolute Gasteiger partial charge is 0.258 e. The van der Waals surface area contributed by atoms with Crippen molar-refractivity contribution in [3.05, 3.63) is 71.3 Å². The number of fused-ring (bicyclic) bond motifs is 3. The second-order valence-corrected chi connectivity index (χ2v) is 7.96. The second-order valence-electron chi connectivity index (χ2n) is 7.96. The number of methoxy groups -OCH3 is 1. The maximum atomic E-state index is 13.6. The molecule has 1 N–H and O–H groups in total. The van der Waals surface area contributed by atoms with Gasteiger partial charge >= 0.3 is 0 Å². The molecule has 1 atom stereocenters. The number of ether oxygens (including phenoxy) is 5. The van der Waals surface area contributed by atoms with Crippen LogP contribution in [-0.4, -0.2) is 37.9 Å². The van der Waals surface area contributed by atoms with Crippen LogP contribution in [0.5, 0.6) is 28.7 Å². The number of hydrogen-bond acceptors (Lipinski definition) is 7. The molecule has 8 heteroatoms. The van der Waals surface area contributed by atoms with Crippen molar-refractivity contribution in [1.29, 1.82) is 0 Å². The molecule has 1 amide bonds. The average molecular weight is 446 g/mol. The third-order valence-corrected chi connectivity index (χ3v) is 5.98. The molecule has 0 bridgehead atoms. The summed E-state index contributed by atoms with van der Waals surface area (Å²) >= 11 is 0. The fourth-order valence-corrected chi connectivity index (χ4v) is 4.41. The number of para-hydroxylation sites is 1. The Labute approximate surface area is 190 Å². The minimum Gasteiger partial charge on any atom is -0.493 e. The first-order valence-corrected chi connectivity index (χ1v) is 10.7. The molecule has 0 spiro atoms. The summed E-state index contributed by atoms with van der Waals surface area (Å²) in [6.45, 7) is 1.50. The van der Waals surface area contributed by atoms with Gasteiger partial charge in [-0.2, -0.15) is 0 Å². The minimum absolute atomic E-state index is 0.0686. The van der Waals surface area contributed by atoms with E-state index in [2.05, 4.69) is 5.32 Å². The van der Waals surface area contributed by atoms with Gasteiger partial charge in [-0.05, 0) is 42.0 Å². The molecular weight excluding hydrogens is 424 g/mol. The number of nitrogens with one attached hydrogen (secondary N) is 1. The first kappa shape index (κ1) is 19.6. The summed E-state index contributed by atoms with van der Waals surface area (Å²) in [5.74, 6) is 3.08. The van der Waals surface area contributed by atoms with Gasteiger partial charge in [0, 0.05) is 17.8 Å². The lowest BCUT2D eigenvalue weighted by atomic mass is 10.0. The van der Waals surface area contributed by atoms with Gasteiger partial charge in [-0.25, -0.2) is 0 Å². The number of hydrogen-bond donors (Lipinski definition) is 1. The fraction of sp³-hybridized carbons (Fsp3) is 0.240. The lowest BCUT2D eigenvalue weighted by Gasteiger charge is -2.38. The van der Waals surface area contributed by atoms with Gasteiger partial charge in [0.2, 0.25) is 12.5 Å². The van der Waals surface area contributed by atoms with Crippen molar-refractivity contribution in [1.82, 2.24) is 4.90 Å². The van der Waals surface area contributed by atoms with Gasteiger partial charge in [0.25, 0.3) is 5.91 Å². The van der Waals surface area contributed by atoms with Crippen LogP contribution in [0.15, 0.2) is 54.6 Å². The normalized spacial score (nSPS) is 17.9. The quantitative estimate of drug-likeness (QED) is 0.650. The second kappa shape index (κ2) is 7.81. The van der Waals surface area contributed by atoms with E-state index in [1.54, 1.807) is 12.0 Å². The Hall–Kier alpha value is -4.07. The van der Waals surface area contributed by atoms with Crippen LogP contribution in [-0.2, 0) is 6.54 Å². The maximum absolute atomic E-state index is 13.6. The molecule has 0 saturated carbocycles. The number of nitrogens with zero attached hydrogens (tertiary/aromatic N) is 1. The summed E-state index contributed by atoms with van der Waals surface area (Å²) in [5, 5.41) is 3.52. The van der Waals surface area contributed by atoms with E-state index in [4.69, 9.17) is 23.7 Å². The van der Waals surface area contributed by atoms with Gasteiger partial charge in [0.1, 0.15) is 19.4 Å². The topological polar surface area (TPSA) is 78.5 Å². The predicted octanol–water partition coefficient (Wildman–Crippen LogP) is 3.96. The molecule has 0 fully saturated rings. The Morgan fingerprint density at radius 3 is 2.73 bits per heavy atom. The van der Waals surface area contributed by atoms with Crippen molar-refractivity contribution < 1.29 is 28.5 Å². The molecular formula is C25H22N2O6. The van der Waals surface area contributed by atoms with Crippen LogP contribution >= 0.6 is 0 Å². The van der Waals surface area contributed by atoms with Gasteiger partial charge < -0.3 is 33.9 Å². The van der Waals surface area contributed by atoms with E-state index >= 15 is 0 Å². The Morgan fingerprint density at radius 2 is 1.82 bits per heavy atom. The van der Waals surface area contributed by atoms with E-state index in [-0.39, 0.29) is 12.7 Å². The number of rotatable bonds is 4. The summed E-state index contributed by atoms with van der Waals surface area (Å²) in [6, 6.07) is 17.0. The molecule has 6 rings (SSSR count). The number of benzene rings is 3. The zero-order valence-electron chi connectivity index (χ0n) is 18.0. The van der Waals surface area contributed by atoms with Crippen molar-refractivity contribution in [2.24, 2.45) is 0 Å². The molecule has 3 heterocycles. The Balaban J connectivity index is 1.42. The van der Waals surface area contributed by atoms with Crippen molar-refractivity contribution in [3.63, 3.8) is 0 Å². The number of anilines is 1. The predicted molar refractivity (Wildman–Crippen MR) is 119 cm³/mol. The van der Waals surface area contributed by atoms with Crippen LogP contribution in [0.25, 0.3) is 0 Å². The van der Waals surface area contributed by atoms with E-state index in [9.17, 15) is 4.79 Å². The number of carbonyl (C=O) groups is 1. The van der Waals surface area contributed by atoms with Crippen molar-refractivity contribution in [2.75, 3.05) is 32.4 Å². The van der Waals surface area contributed by atoms with E-state index in [0.29, 0.717) is 54.1 Å². The zero-order chi connectivity index (χ0) is 22.4. The first-order valence-electron chi connectivity index (χ1n) is 10.7. The fourth-order valence-electron chi connectivity index (χ4n) is 4.41. The van der Waals surface area contributed by atoms with Gasteiger partial charge in [0.05, 0.1) is 12.7 Å². The third kappa shape index (κ3) is 3.34. The molecule has 0 aromatic heterocycles. The van der Waals surface area contributed by atoms with Crippen LogP contribution in [0.3, 0.4) is 0 Å². The van der Waals surface area contributed by atoms with Crippen LogP contribution in [0.4, 0.5) is 5.69 Å². The molecule has 0 radical (unpaired) electrons. The van der Waals surface area contributed by atoms with Crippen LogP contribution < -0.4 is 29.0 Å². The highest BCUT2D eigenvalue weighted by Crippen LogP contribution is 2.44. The van der Waals surface area contributed by atoms with Crippen molar-refractivity contribution in [2.45, 2.75) is 12.7 Å². The summed E-state index contributed by atoms with van der Waals surface area (Å²) < 4.78 is 28.1. The number of carbonyl (C=O) groups excluding carboxylic acids is 1.